The van der Waals surface area contributed by atoms with Gasteiger partial charge >= 0.3 is 0 Å². The van der Waals surface area contributed by atoms with E-state index >= 15 is 0 Å². The normalized spacial score (nSPS) is 14.6. The van der Waals surface area contributed by atoms with Crippen LogP contribution in [0.3, 0.4) is 0 Å². The molecule has 0 aliphatic carbocycles. The molecule has 2 aliphatic heterocycles. The molecule has 2 aliphatic rings. The third kappa shape index (κ3) is 4.45. The molecule has 1 amide bonds. The van der Waals surface area contributed by atoms with Crippen LogP contribution >= 0.6 is 0 Å². The molecule has 1 aromatic heterocycles. The van der Waals surface area contributed by atoms with Crippen LogP contribution in [0.1, 0.15) is 35.3 Å². The highest BCUT2D eigenvalue weighted by molar-refractivity contribution is 5.99. The minimum Gasteiger partial charge on any atom is -0.457 e. The number of fused-ring (bicyclic) bond motifs is 1. The first-order chi connectivity index (χ1) is 16.2. The summed E-state index contributed by atoms with van der Waals surface area (Å²) in [4.78, 5) is 19.1. The van der Waals surface area contributed by atoms with E-state index in [0.29, 0.717) is 24.1 Å². The van der Waals surface area contributed by atoms with Crippen LogP contribution in [0.25, 0.3) is 11.3 Å². The number of hydrogen-bond donors (Lipinski definition) is 3. The van der Waals surface area contributed by atoms with Crippen molar-refractivity contribution in [3.05, 3.63) is 71.4 Å². The second-order valence-electron chi connectivity index (χ2n) is 7.74. The van der Waals surface area contributed by atoms with Crippen LogP contribution in [0.2, 0.25) is 0 Å². The molecule has 33 heavy (non-hydrogen) atoms. The van der Waals surface area contributed by atoms with E-state index in [1.165, 1.54) is 6.21 Å². The number of amides is 1. The van der Waals surface area contributed by atoms with Crippen molar-refractivity contribution < 1.29 is 9.53 Å². The highest BCUT2D eigenvalue weighted by atomic mass is 16.5. The summed E-state index contributed by atoms with van der Waals surface area (Å²) in [6, 6.07) is 15.5. The minimum absolute atomic E-state index is 0.117. The molecular weight excluding hydrogens is 414 g/mol. The number of pyridine rings is 1. The molecule has 0 bridgehead atoms. The average molecular weight is 444 g/mol. The SMILES string of the molecule is CC.CNc1cc(Oc2ccnc(-c3ccc4c(c3)CN(C3CNC3)C4=O)c2)ccc1C=N. The molecule has 0 unspecified atom stereocenters. The maximum atomic E-state index is 12.7. The van der Waals surface area contributed by atoms with Crippen LogP contribution < -0.4 is 15.4 Å². The van der Waals surface area contributed by atoms with Crippen LogP contribution in [-0.2, 0) is 6.54 Å². The first-order valence-corrected chi connectivity index (χ1v) is 11.3. The van der Waals surface area contributed by atoms with Gasteiger partial charge in [0, 0.05) is 73.6 Å². The Bertz CT molecular complexity index is 1170. The van der Waals surface area contributed by atoms with Gasteiger partial charge in [-0.2, -0.15) is 0 Å². The lowest BCUT2D eigenvalue weighted by atomic mass is 10.0. The molecule has 7 nitrogen and oxygen atoms in total. The van der Waals surface area contributed by atoms with Gasteiger partial charge in [0.2, 0.25) is 0 Å². The van der Waals surface area contributed by atoms with Gasteiger partial charge in [-0.05, 0) is 35.9 Å². The summed E-state index contributed by atoms with van der Waals surface area (Å²) < 4.78 is 6.04. The molecular formula is C26H29N5O2. The quantitative estimate of drug-likeness (QED) is 0.487. The van der Waals surface area contributed by atoms with Crippen molar-refractivity contribution in [3.63, 3.8) is 0 Å². The summed E-state index contributed by atoms with van der Waals surface area (Å²) in [7, 11) is 1.82. The molecule has 0 saturated carbocycles. The molecule has 7 heteroatoms. The Morgan fingerprint density at radius 1 is 1.12 bits per heavy atom. The first kappa shape index (κ1) is 22.5. The predicted molar refractivity (Wildman–Crippen MR) is 132 cm³/mol. The molecule has 5 rings (SSSR count). The lowest BCUT2D eigenvalue weighted by Crippen LogP contribution is -2.57. The van der Waals surface area contributed by atoms with Gasteiger partial charge in [0.15, 0.2) is 0 Å². The Morgan fingerprint density at radius 3 is 2.61 bits per heavy atom. The fourth-order valence-electron chi connectivity index (χ4n) is 4.00. The summed E-state index contributed by atoms with van der Waals surface area (Å²) in [5, 5.41) is 13.8. The van der Waals surface area contributed by atoms with Gasteiger partial charge in [0.1, 0.15) is 11.5 Å². The number of ether oxygens (including phenoxy) is 1. The van der Waals surface area contributed by atoms with Crippen molar-refractivity contribution in [2.75, 3.05) is 25.5 Å². The molecule has 3 N–H and O–H groups in total. The minimum atomic E-state index is 0.117. The van der Waals surface area contributed by atoms with Gasteiger partial charge in [-0.1, -0.05) is 19.9 Å². The van der Waals surface area contributed by atoms with E-state index in [9.17, 15) is 4.79 Å². The van der Waals surface area contributed by atoms with Crippen LogP contribution in [0.5, 0.6) is 11.5 Å². The van der Waals surface area contributed by atoms with Gasteiger partial charge in [0.05, 0.1) is 11.7 Å². The number of benzene rings is 2. The zero-order valence-electron chi connectivity index (χ0n) is 19.2. The number of anilines is 1. The molecule has 170 valence electrons. The maximum Gasteiger partial charge on any atom is 0.254 e. The van der Waals surface area contributed by atoms with Gasteiger partial charge in [-0.3, -0.25) is 9.78 Å². The Labute approximate surface area is 194 Å². The van der Waals surface area contributed by atoms with E-state index in [0.717, 1.165) is 46.7 Å². The summed E-state index contributed by atoms with van der Waals surface area (Å²) >= 11 is 0. The summed E-state index contributed by atoms with van der Waals surface area (Å²) in [6.45, 7) is 6.38. The highest BCUT2D eigenvalue weighted by Crippen LogP contribution is 2.32. The molecule has 0 spiro atoms. The summed E-state index contributed by atoms with van der Waals surface area (Å²) in [5.74, 6) is 1.47. The Morgan fingerprint density at radius 2 is 1.91 bits per heavy atom. The van der Waals surface area contributed by atoms with Crippen molar-refractivity contribution in [2.24, 2.45) is 0 Å². The van der Waals surface area contributed by atoms with Crippen LogP contribution in [0.15, 0.2) is 54.7 Å². The number of aromatic nitrogens is 1. The standard InChI is InChI=1S/C24H23N5O2.C2H6/c1-26-22-9-19(4-2-16(22)11-25)31-20-6-7-28-23(10-20)15-3-5-21-17(8-15)14-29(24(21)30)18-12-27-13-18;1-2/h2-11,18,25-27H,12-14H2,1H3;1-2H3. The van der Waals surface area contributed by atoms with Gasteiger partial charge in [-0.15, -0.1) is 0 Å². The molecule has 1 fully saturated rings. The molecule has 3 heterocycles. The van der Waals surface area contributed by atoms with Crippen molar-refractivity contribution in [1.82, 2.24) is 15.2 Å². The van der Waals surface area contributed by atoms with E-state index in [-0.39, 0.29) is 5.91 Å². The zero-order chi connectivity index (χ0) is 23.4. The van der Waals surface area contributed by atoms with E-state index in [2.05, 4.69) is 21.7 Å². The van der Waals surface area contributed by atoms with Crippen molar-refractivity contribution >= 4 is 17.8 Å². The van der Waals surface area contributed by atoms with Crippen LogP contribution in [0.4, 0.5) is 5.69 Å². The smallest absolute Gasteiger partial charge is 0.254 e. The van der Waals surface area contributed by atoms with E-state index < -0.39 is 0 Å². The first-order valence-electron chi connectivity index (χ1n) is 11.3. The predicted octanol–water partition coefficient (Wildman–Crippen LogP) is 4.53. The van der Waals surface area contributed by atoms with E-state index in [4.69, 9.17) is 10.1 Å². The summed E-state index contributed by atoms with van der Waals surface area (Å²) in [6.07, 6.45) is 3.03. The van der Waals surface area contributed by atoms with Crippen molar-refractivity contribution in [3.8, 4) is 22.8 Å². The van der Waals surface area contributed by atoms with Crippen LogP contribution in [-0.4, -0.2) is 48.2 Å². The lowest BCUT2D eigenvalue weighted by molar-refractivity contribution is 0.0642. The molecule has 2 aromatic carbocycles. The van der Waals surface area contributed by atoms with E-state index in [1.807, 2.05) is 68.3 Å². The number of rotatable bonds is 6. The van der Waals surface area contributed by atoms with Crippen molar-refractivity contribution in [2.45, 2.75) is 26.4 Å². The Hall–Kier alpha value is -3.71. The number of nitrogens with one attached hydrogen (secondary N) is 3. The second-order valence-corrected chi connectivity index (χ2v) is 7.74. The molecule has 1 saturated heterocycles. The Kier molecular flexibility index (Phi) is 6.70. The van der Waals surface area contributed by atoms with Gasteiger partial charge in [0.25, 0.3) is 5.91 Å². The largest absolute Gasteiger partial charge is 0.457 e. The van der Waals surface area contributed by atoms with Gasteiger partial charge < -0.3 is 25.7 Å². The molecule has 0 atom stereocenters. The van der Waals surface area contributed by atoms with Gasteiger partial charge in [-0.25, -0.2) is 0 Å². The monoisotopic (exact) mass is 443 g/mol. The van der Waals surface area contributed by atoms with Crippen LogP contribution in [0, 0.1) is 5.41 Å². The number of carbonyl (C=O) groups excluding carboxylic acids is 1. The third-order valence-corrected chi connectivity index (χ3v) is 5.85. The highest BCUT2D eigenvalue weighted by Gasteiger charge is 2.35. The zero-order valence-corrected chi connectivity index (χ0v) is 19.2. The van der Waals surface area contributed by atoms with Crippen molar-refractivity contribution in [1.29, 1.82) is 5.41 Å². The number of hydrogen-bond acceptors (Lipinski definition) is 6. The maximum absolute atomic E-state index is 12.7. The second kappa shape index (κ2) is 9.83. The fourth-order valence-corrected chi connectivity index (χ4v) is 4.00. The third-order valence-electron chi connectivity index (χ3n) is 5.85. The average Bonchev–Trinajstić information content (AvgIpc) is 3.14. The number of nitrogens with zero attached hydrogens (tertiary/aromatic N) is 2. The topological polar surface area (TPSA) is 90.3 Å². The van der Waals surface area contributed by atoms with E-state index in [1.54, 1.807) is 6.20 Å². The fraction of sp³-hybridized carbons (Fsp3) is 0.269. The lowest BCUT2D eigenvalue weighted by Gasteiger charge is -2.35. The number of carbonyl (C=O) groups is 1. The summed E-state index contributed by atoms with van der Waals surface area (Å²) in [5.41, 5.74) is 5.21. The molecule has 0 radical (unpaired) electrons. The Balaban J connectivity index is 0.00000126. The molecule has 3 aromatic rings.